The van der Waals surface area contributed by atoms with Gasteiger partial charge in [-0.05, 0) is 31.9 Å². The van der Waals surface area contributed by atoms with Crippen molar-refractivity contribution in [3.8, 4) is 0 Å². The van der Waals surface area contributed by atoms with E-state index in [1.165, 1.54) is 22.7 Å². The van der Waals surface area contributed by atoms with Crippen molar-refractivity contribution in [1.82, 2.24) is 23.6 Å². The van der Waals surface area contributed by atoms with Crippen molar-refractivity contribution >= 4 is 21.8 Å². The lowest BCUT2D eigenvalue weighted by atomic mass is 10.2. The van der Waals surface area contributed by atoms with Gasteiger partial charge in [-0.25, -0.2) is 9.97 Å². The van der Waals surface area contributed by atoms with Crippen LogP contribution in [0.15, 0.2) is 30.6 Å². The molecule has 25 heavy (non-hydrogen) atoms. The second-order valence-electron chi connectivity index (χ2n) is 6.18. The van der Waals surface area contributed by atoms with E-state index >= 15 is 0 Å². The smallest absolute Gasteiger partial charge is 0.282 e. The minimum Gasteiger partial charge on any atom is -0.324 e. The first-order chi connectivity index (χ1) is 11.9. The lowest BCUT2D eigenvalue weighted by Crippen LogP contribution is -2.39. The summed E-state index contributed by atoms with van der Waals surface area (Å²) in [6, 6.07) is 5.37. The number of anilines is 2. The average molecular weight is 362 g/mol. The number of pyridine rings is 1. The number of hydrogen-bond acceptors (Lipinski definition) is 6. The second-order valence-corrected chi connectivity index (χ2v) is 8.27. The van der Waals surface area contributed by atoms with Crippen molar-refractivity contribution in [2.75, 3.05) is 26.0 Å². The van der Waals surface area contributed by atoms with E-state index in [0.29, 0.717) is 23.9 Å². The van der Waals surface area contributed by atoms with Gasteiger partial charge >= 0.3 is 0 Å². The van der Waals surface area contributed by atoms with E-state index in [-0.39, 0.29) is 6.04 Å². The Morgan fingerprint density at radius 2 is 2.00 bits per heavy atom. The molecule has 134 valence electrons. The minimum absolute atomic E-state index is 0.299. The van der Waals surface area contributed by atoms with Crippen LogP contribution < -0.4 is 5.32 Å². The van der Waals surface area contributed by atoms with Crippen LogP contribution in [0.2, 0.25) is 0 Å². The van der Waals surface area contributed by atoms with E-state index in [1.807, 2.05) is 25.1 Å². The van der Waals surface area contributed by atoms with E-state index in [0.717, 1.165) is 18.5 Å². The summed E-state index contributed by atoms with van der Waals surface area (Å²) in [6.07, 6.45) is 4.76. The van der Waals surface area contributed by atoms with Crippen LogP contribution in [-0.4, -0.2) is 52.6 Å². The molecule has 2 aromatic rings. The molecule has 0 aromatic carbocycles. The zero-order valence-corrected chi connectivity index (χ0v) is 15.4. The summed E-state index contributed by atoms with van der Waals surface area (Å²) >= 11 is 0. The largest absolute Gasteiger partial charge is 0.324 e. The third-order valence-corrected chi connectivity index (χ3v) is 6.05. The van der Waals surface area contributed by atoms with Gasteiger partial charge < -0.3 is 5.32 Å². The lowest BCUT2D eigenvalue weighted by Gasteiger charge is -2.26. The Balaban J connectivity index is 1.86. The predicted octanol–water partition coefficient (Wildman–Crippen LogP) is 1.87. The van der Waals surface area contributed by atoms with Crippen molar-refractivity contribution in [3.05, 3.63) is 42.0 Å². The van der Waals surface area contributed by atoms with Crippen LogP contribution in [0.25, 0.3) is 0 Å². The lowest BCUT2D eigenvalue weighted by molar-refractivity contribution is 0.357. The molecule has 0 bridgehead atoms. The number of rotatable bonds is 5. The Bertz CT molecular complexity index is 855. The fraction of sp³-hybridized carbons (Fsp3) is 0.438. The zero-order chi connectivity index (χ0) is 18.0. The maximum atomic E-state index is 12.5. The van der Waals surface area contributed by atoms with Crippen LogP contribution in [-0.2, 0) is 10.2 Å². The maximum absolute atomic E-state index is 12.5. The minimum atomic E-state index is -3.49. The zero-order valence-electron chi connectivity index (χ0n) is 14.5. The standard InChI is InChI=1S/C16H22N6O2S/c1-12-6-4-8-15(18-12)20-16-11-17-10-13(19-16)14-7-5-9-22(14)25(23,24)21(2)3/h4,6,8,10-11,14H,5,7,9H2,1-3H3,(H,18,19,20)/t14-/m0/s1. The highest BCUT2D eigenvalue weighted by Crippen LogP contribution is 2.34. The fourth-order valence-electron chi connectivity index (χ4n) is 2.87. The number of nitrogens with one attached hydrogen (secondary N) is 1. The summed E-state index contributed by atoms with van der Waals surface area (Å²) in [5, 5.41) is 3.12. The molecule has 0 unspecified atom stereocenters. The van der Waals surface area contributed by atoms with Crippen LogP contribution in [0.3, 0.4) is 0 Å². The Morgan fingerprint density at radius 3 is 2.72 bits per heavy atom. The SMILES string of the molecule is Cc1cccc(Nc2cncc([C@@H]3CCCN3S(=O)(=O)N(C)C)n2)n1. The van der Waals surface area contributed by atoms with E-state index in [4.69, 9.17) is 0 Å². The molecule has 0 aliphatic carbocycles. The second kappa shape index (κ2) is 7.03. The molecule has 1 N–H and O–H groups in total. The molecule has 3 heterocycles. The summed E-state index contributed by atoms with van der Waals surface area (Å²) in [5.74, 6) is 1.22. The molecular weight excluding hydrogens is 340 g/mol. The van der Waals surface area contributed by atoms with E-state index in [1.54, 1.807) is 12.4 Å². The van der Waals surface area contributed by atoms with Crippen LogP contribution >= 0.6 is 0 Å². The molecule has 1 aliphatic rings. The van der Waals surface area contributed by atoms with Gasteiger partial charge in [0.05, 0.1) is 24.1 Å². The van der Waals surface area contributed by atoms with Gasteiger partial charge in [0, 0.05) is 26.3 Å². The monoisotopic (exact) mass is 362 g/mol. The molecule has 1 atom stereocenters. The Kier molecular flexibility index (Phi) is 4.98. The van der Waals surface area contributed by atoms with Gasteiger partial charge in [-0.15, -0.1) is 0 Å². The molecule has 9 heteroatoms. The molecular formula is C16H22N6O2S. The van der Waals surface area contributed by atoms with Crippen LogP contribution in [0.5, 0.6) is 0 Å². The van der Waals surface area contributed by atoms with Crippen molar-refractivity contribution in [1.29, 1.82) is 0 Å². The van der Waals surface area contributed by atoms with Crippen molar-refractivity contribution in [2.45, 2.75) is 25.8 Å². The van der Waals surface area contributed by atoms with E-state index in [9.17, 15) is 8.42 Å². The molecule has 3 rings (SSSR count). The summed E-state index contributed by atoms with van der Waals surface area (Å²) in [5.41, 5.74) is 1.54. The Morgan fingerprint density at radius 1 is 1.20 bits per heavy atom. The molecule has 0 radical (unpaired) electrons. The van der Waals surface area contributed by atoms with Crippen molar-refractivity contribution in [2.24, 2.45) is 0 Å². The highest BCUT2D eigenvalue weighted by atomic mass is 32.2. The summed E-state index contributed by atoms with van der Waals surface area (Å²) < 4.78 is 27.7. The number of aryl methyl sites for hydroxylation is 1. The Hall–Kier alpha value is -2.10. The third kappa shape index (κ3) is 3.78. The first kappa shape index (κ1) is 17.7. The molecule has 0 saturated carbocycles. The average Bonchev–Trinajstić information content (AvgIpc) is 3.05. The molecule has 1 saturated heterocycles. The number of aromatic nitrogens is 3. The first-order valence-corrected chi connectivity index (χ1v) is 9.49. The van der Waals surface area contributed by atoms with Crippen molar-refractivity contribution in [3.63, 3.8) is 0 Å². The predicted molar refractivity (Wildman–Crippen MR) is 95.6 cm³/mol. The van der Waals surface area contributed by atoms with E-state index < -0.39 is 10.2 Å². The van der Waals surface area contributed by atoms with Crippen LogP contribution in [0.4, 0.5) is 11.6 Å². The quantitative estimate of drug-likeness (QED) is 0.873. The molecule has 1 fully saturated rings. The molecule has 2 aromatic heterocycles. The van der Waals surface area contributed by atoms with Crippen LogP contribution in [0, 0.1) is 6.92 Å². The van der Waals surface area contributed by atoms with Crippen LogP contribution in [0.1, 0.15) is 30.3 Å². The molecule has 0 spiro atoms. The highest BCUT2D eigenvalue weighted by molar-refractivity contribution is 7.86. The van der Waals surface area contributed by atoms with Gasteiger partial charge in [0.15, 0.2) is 0 Å². The third-order valence-electron chi connectivity index (χ3n) is 4.10. The molecule has 0 amide bonds. The highest BCUT2D eigenvalue weighted by Gasteiger charge is 2.37. The van der Waals surface area contributed by atoms with Gasteiger partial charge in [0.2, 0.25) is 0 Å². The van der Waals surface area contributed by atoms with Crippen molar-refractivity contribution < 1.29 is 8.42 Å². The van der Waals surface area contributed by atoms with Gasteiger partial charge in [0.25, 0.3) is 10.2 Å². The van der Waals surface area contributed by atoms with Gasteiger partial charge in [-0.3, -0.25) is 4.98 Å². The number of nitrogens with zero attached hydrogens (tertiary/aromatic N) is 5. The number of hydrogen-bond donors (Lipinski definition) is 1. The molecule has 1 aliphatic heterocycles. The molecule has 8 nitrogen and oxygen atoms in total. The van der Waals surface area contributed by atoms with Gasteiger partial charge in [-0.2, -0.15) is 17.0 Å². The topological polar surface area (TPSA) is 91.3 Å². The fourth-order valence-corrected chi connectivity index (χ4v) is 4.18. The van der Waals surface area contributed by atoms with E-state index in [2.05, 4.69) is 20.3 Å². The summed E-state index contributed by atoms with van der Waals surface area (Å²) in [6.45, 7) is 2.40. The first-order valence-electron chi connectivity index (χ1n) is 8.10. The summed E-state index contributed by atoms with van der Waals surface area (Å²) in [7, 11) is -0.406. The maximum Gasteiger partial charge on any atom is 0.282 e. The summed E-state index contributed by atoms with van der Waals surface area (Å²) in [4.78, 5) is 13.2. The van der Waals surface area contributed by atoms with Gasteiger partial charge in [-0.1, -0.05) is 6.07 Å². The normalized spacial score (nSPS) is 18.6. The van der Waals surface area contributed by atoms with Gasteiger partial charge in [0.1, 0.15) is 11.6 Å². The Labute approximate surface area is 148 Å².